The Bertz CT molecular complexity index is 1070. The third-order valence-corrected chi connectivity index (χ3v) is 3.64. The van der Waals surface area contributed by atoms with Crippen molar-refractivity contribution in [1.82, 2.24) is 15.0 Å². The van der Waals surface area contributed by atoms with Gasteiger partial charge in [0, 0.05) is 84.9 Å². The number of Topliss-reactive ketones (excluding diaryl/α,β-unsaturated/α-hetero) is 1. The number of aromatic nitrogens is 3. The van der Waals surface area contributed by atoms with E-state index in [-0.39, 0.29) is 49.4 Å². The van der Waals surface area contributed by atoms with Crippen molar-refractivity contribution >= 4 is 27.6 Å². The van der Waals surface area contributed by atoms with Crippen LogP contribution in [-0.4, -0.2) is 32.0 Å². The molecule has 1 aromatic carbocycles. The number of aromatic hydroxyl groups is 1. The van der Waals surface area contributed by atoms with Crippen LogP contribution in [-0.2, 0) is 0 Å². The molecule has 0 bridgehead atoms. The Hall–Kier alpha value is -1.97. The summed E-state index contributed by atoms with van der Waals surface area (Å²) in [5.74, 6) is -2.82. The van der Waals surface area contributed by atoms with Gasteiger partial charge in [-0.15, -0.1) is 0 Å². The summed E-state index contributed by atoms with van der Waals surface area (Å²) in [6, 6.07) is 13.1. The molecule has 0 aliphatic heterocycles. The van der Waals surface area contributed by atoms with Crippen LogP contribution in [0.1, 0.15) is 10.4 Å². The van der Waals surface area contributed by atoms with Gasteiger partial charge >= 0.3 is 6.18 Å². The van der Waals surface area contributed by atoms with E-state index in [0.717, 1.165) is 34.1 Å². The molecule has 0 atom stereocenters. The first-order valence-corrected chi connectivity index (χ1v) is 7.71. The van der Waals surface area contributed by atoms with Crippen molar-refractivity contribution in [3.8, 4) is 5.75 Å². The number of benzene rings is 1. The van der Waals surface area contributed by atoms with Gasteiger partial charge in [-0.3, -0.25) is 19.7 Å². The van der Waals surface area contributed by atoms with Crippen molar-refractivity contribution in [2.75, 3.05) is 0 Å². The second-order valence-electron chi connectivity index (χ2n) is 5.44. The van der Waals surface area contributed by atoms with Crippen LogP contribution < -0.4 is 0 Å². The number of pyridine rings is 3. The summed E-state index contributed by atoms with van der Waals surface area (Å²) in [5, 5.41) is 11.2. The number of hydrogen-bond donors (Lipinski definition) is 1. The molecule has 3 aromatic heterocycles. The fourth-order valence-electron chi connectivity index (χ4n) is 2.39. The molecule has 0 amide bonds. The van der Waals surface area contributed by atoms with Gasteiger partial charge in [0.1, 0.15) is 5.75 Å². The van der Waals surface area contributed by atoms with E-state index in [4.69, 9.17) is 5.11 Å². The third-order valence-electron chi connectivity index (χ3n) is 3.64. The quantitative estimate of drug-likeness (QED) is 0.297. The topological polar surface area (TPSA) is 76.0 Å². The Morgan fingerprint density at radius 3 is 1.86 bits per heavy atom. The molecule has 143 valence electrons. The molecule has 0 fully saturated rings. The van der Waals surface area contributed by atoms with Crippen molar-refractivity contribution in [2.24, 2.45) is 0 Å². The van der Waals surface area contributed by atoms with E-state index in [9.17, 15) is 18.0 Å². The van der Waals surface area contributed by atoms with Gasteiger partial charge < -0.3 is 5.11 Å². The minimum Gasteiger partial charge on any atom is -0.507 e. The van der Waals surface area contributed by atoms with E-state index in [1.54, 1.807) is 12.4 Å². The molecule has 1 N–H and O–H groups in total. The Morgan fingerprint density at radius 1 is 0.857 bits per heavy atom. The first-order chi connectivity index (χ1) is 12.9. The van der Waals surface area contributed by atoms with Gasteiger partial charge in [0.2, 0.25) is 0 Å². The van der Waals surface area contributed by atoms with Gasteiger partial charge in [-0.2, -0.15) is 13.2 Å². The second kappa shape index (κ2) is 9.49. The molecule has 5 nitrogen and oxygen atoms in total. The number of rotatable bonds is 1. The summed E-state index contributed by atoms with van der Waals surface area (Å²) in [7, 11) is 0. The fourth-order valence-corrected chi connectivity index (χ4v) is 2.39. The Balaban J connectivity index is 0.000000194. The van der Waals surface area contributed by atoms with Crippen LogP contribution in [0.15, 0.2) is 67.3 Å². The van der Waals surface area contributed by atoms with Crippen molar-refractivity contribution in [3.05, 3.63) is 72.8 Å². The minimum atomic E-state index is -4.99. The molecule has 0 saturated heterocycles. The second-order valence-corrected chi connectivity index (χ2v) is 5.44. The van der Waals surface area contributed by atoms with E-state index in [0.29, 0.717) is 6.20 Å². The zero-order valence-corrected chi connectivity index (χ0v) is 16.5. The molecular weight excluding hydrogens is 511 g/mol. The molecule has 4 aromatic rings. The standard InChI is InChI=1S/C12H8N2.C7H4F3NO2.Eu/c1-3-9-5-6-10-4-2-8-14-12(10)11(9)13-7-1;8-7(9,10)6(13)4-3-11-2-1-5(4)12;/h1-8H;1-3H,(H,11,12);. The van der Waals surface area contributed by atoms with Crippen molar-refractivity contribution < 1.29 is 72.4 Å². The summed E-state index contributed by atoms with van der Waals surface area (Å²) < 4.78 is 35.5. The van der Waals surface area contributed by atoms with Crippen LogP contribution in [0.5, 0.6) is 5.75 Å². The number of carbonyl (C=O) groups excluding carboxylic acids is 1. The normalized spacial score (nSPS) is 10.7. The fraction of sp³-hybridized carbons (Fsp3) is 0.0526. The SMILES string of the molecule is O=C(c1cnccc1O)C(F)(F)F.[Eu].c1cnc2c(c1)ccc1cccnc12. The molecule has 1 radical (unpaired) electrons. The number of nitrogens with zero attached hydrogens (tertiary/aromatic N) is 3. The van der Waals surface area contributed by atoms with Crippen LogP contribution in [0.4, 0.5) is 13.2 Å². The molecule has 4 rings (SSSR count). The Labute approximate surface area is 198 Å². The number of halogens is 3. The van der Waals surface area contributed by atoms with Gasteiger partial charge in [0.25, 0.3) is 5.78 Å². The van der Waals surface area contributed by atoms with E-state index in [1.807, 2.05) is 12.1 Å². The summed E-state index contributed by atoms with van der Waals surface area (Å²) in [4.78, 5) is 22.6. The van der Waals surface area contributed by atoms with Crippen molar-refractivity contribution in [3.63, 3.8) is 0 Å². The van der Waals surface area contributed by atoms with Crippen LogP contribution in [0.3, 0.4) is 0 Å². The van der Waals surface area contributed by atoms with Crippen molar-refractivity contribution in [1.29, 1.82) is 0 Å². The maximum atomic E-state index is 11.8. The van der Waals surface area contributed by atoms with E-state index in [2.05, 4.69) is 39.2 Å². The molecule has 9 heteroatoms. The molecule has 0 saturated carbocycles. The molecule has 3 heterocycles. The molecule has 0 aliphatic rings. The maximum absolute atomic E-state index is 11.8. The summed E-state index contributed by atoms with van der Waals surface area (Å²) >= 11 is 0. The summed E-state index contributed by atoms with van der Waals surface area (Å²) in [6.45, 7) is 0. The number of carbonyl (C=O) groups is 1. The Morgan fingerprint density at radius 2 is 1.39 bits per heavy atom. The Kier molecular flexibility index (Phi) is 7.57. The smallest absolute Gasteiger partial charge is 0.455 e. The first kappa shape index (κ1) is 22.3. The van der Waals surface area contributed by atoms with Gasteiger partial charge in [-0.25, -0.2) is 0 Å². The number of alkyl halides is 3. The van der Waals surface area contributed by atoms with Gasteiger partial charge in [0.05, 0.1) is 16.6 Å². The average molecular weight is 523 g/mol. The van der Waals surface area contributed by atoms with Crippen LogP contribution in [0.2, 0.25) is 0 Å². The van der Waals surface area contributed by atoms with Crippen LogP contribution in [0.25, 0.3) is 21.8 Å². The largest absolute Gasteiger partial charge is 0.507 e. The molecule has 0 aliphatic carbocycles. The maximum Gasteiger partial charge on any atom is 0.455 e. The first-order valence-electron chi connectivity index (χ1n) is 7.71. The van der Waals surface area contributed by atoms with Crippen molar-refractivity contribution in [2.45, 2.75) is 6.18 Å². The monoisotopic (exact) mass is 524 g/mol. The van der Waals surface area contributed by atoms with Crippen LogP contribution >= 0.6 is 0 Å². The summed E-state index contributed by atoms with van der Waals surface area (Å²) in [6.07, 6.45) is 0.376. The van der Waals surface area contributed by atoms with Gasteiger partial charge in [-0.1, -0.05) is 24.3 Å². The van der Waals surface area contributed by atoms with E-state index in [1.165, 1.54) is 0 Å². The predicted molar refractivity (Wildman–Crippen MR) is 93.3 cm³/mol. The minimum absolute atomic E-state index is 0. The van der Waals surface area contributed by atoms with Gasteiger partial charge in [-0.05, 0) is 18.2 Å². The molecule has 28 heavy (non-hydrogen) atoms. The zero-order valence-electron chi connectivity index (χ0n) is 14.1. The number of hydrogen-bond acceptors (Lipinski definition) is 5. The molecule has 0 spiro atoms. The number of ketones is 1. The number of fused-ring (bicyclic) bond motifs is 3. The van der Waals surface area contributed by atoms with Crippen LogP contribution in [0, 0.1) is 49.4 Å². The van der Waals surface area contributed by atoms with E-state index >= 15 is 0 Å². The third kappa shape index (κ3) is 5.09. The molecular formula is C19H12EuF3N3O2. The summed E-state index contributed by atoms with van der Waals surface area (Å²) in [5.41, 5.74) is 1.12. The predicted octanol–water partition coefficient (Wildman–Crippen LogP) is 4.32. The average Bonchev–Trinajstić information content (AvgIpc) is 2.67. The zero-order chi connectivity index (χ0) is 19.4. The van der Waals surface area contributed by atoms with Gasteiger partial charge in [0.15, 0.2) is 0 Å². The van der Waals surface area contributed by atoms with E-state index < -0.39 is 23.3 Å². The molecule has 0 unspecified atom stereocenters.